The highest BCUT2D eigenvalue weighted by molar-refractivity contribution is 5.84. The second-order valence-electron chi connectivity index (χ2n) is 5.96. The molecule has 5 heteroatoms. The fourth-order valence-corrected chi connectivity index (χ4v) is 2.55. The number of carbonyl (C=O) groups is 2. The van der Waals surface area contributed by atoms with Crippen molar-refractivity contribution in [2.45, 2.75) is 32.7 Å². The van der Waals surface area contributed by atoms with Crippen LogP contribution in [0.25, 0.3) is 0 Å². The number of piperazine rings is 1. The van der Waals surface area contributed by atoms with E-state index >= 15 is 0 Å². The first kappa shape index (κ1) is 16.5. The molecule has 0 radical (unpaired) electrons. The second-order valence-corrected chi connectivity index (χ2v) is 5.96. The van der Waals surface area contributed by atoms with Crippen LogP contribution in [-0.2, 0) is 16.0 Å². The van der Waals surface area contributed by atoms with Crippen LogP contribution in [0, 0.1) is 6.92 Å². The van der Waals surface area contributed by atoms with Gasteiger partial charge in [-0.3, -0.25) is 9.59 Å². The van der Waals surface area contributed by atoms with E-state index < -0.39 is 0 Å². The number of aryl methyl sites for hydroxylation is 2. The van der Waals surface area contributed by atoms with Crippen molar-refractivity contribution in [3.8, 4) is 0 Å². The SMILES string of the molecule is Cc1ccc(CCC(=O)NCC(=O)N2CCNC(C)C2)cc1. The summed E-state index contributed by atoms with van der Waals surface area (Å²) in [5.74, 6) is -0.0749. The Hall–Kier alpha value is -1.88. The summed E-state index contributed by atoms with van der Waals surface area (Å²) >= 11 is 0. The van der Waals surface area contributed by atoms with Crippen molar-refractivity contribution in [2.75, 3.05) is 26.2 Å². The van der Waals surface area contributed by atoms with E-state index in [0.717, 1.165) is 12.1 Å². The summed E-state index contributed by atoms with van der Waals surface area (Å²) in [6, 6.07) is 8.48. The predicted octanol–water partition coefficient (Wildman–Crippen LogP) is 0.864. The normalized spacial score (nSPS) is 18.1. The van der Waals surface area contributed by atoms with Gasteiger partial charge in [0.25, 0.3) is 0 Å². The van der Waals surface area contributed by atoms with Crippen molar-refractivity contribution >= 4 is 11.8 Å². The lowest BCUT2D eigenvalue weighted by atomic mass is 10.1. The summed E-state index contributed by atoms with van der Waals surface area (Å²) in [7, 11) is 0. The Labute approximate surface area is 132 Å². The standard InChI is InChI=1S/C17H25N3O2/c1-13-3-5-15(6-4-13)7-8-16(21)19-11-17(22)20-10-9-18-14(2)12-20/h3-6,14,18H,7-12H2,1-2H3,(H,19,21). The fraction of sp³-hybridized carbons (Fsp3) is 0.529. The zero-order valence-corrected chi connectivity index (χ0v) is 13.4. The summed E-state index contributed by atoms with van der Waals surface area (Å²) in [5.41, 5.74) is 2.35. The number of carbonyl (C=O) groups excluding carboxylic acids is 2. The van der Waals surface area contributed by atoms with Gasteiger partial charge in [0, 0.05) is 32.1 Å². The van der Waals surface area contributed by atoms with Crippen LogP contribution < -0.4 is 10.6 Å². The lowest BCUT2D eigenvalue weighted by Crippen LogP contribution is -2.53. The Bertz CT molecular complexity index is 513. The largest absolute Gasteiger partial charge is 0.347 e. The van der Waals surface area contributed by atoms with Gasteiger partial charge in [-0.15, -0.1) is 0 Å². The Morgan fingerprint density at radius 3 is 2.73 bits per heavy atom. The first-order chi connectivity index (χ1) is 10.5. The second kappa shape index (κ2) is 7.94. The molecule has 0 aromatic heterocycles. The van der Waals surface area contributed by atoms with Crippen LogP contribution in [-0.4, -0.2) is 48.9 Å². The molecule has 2 rings (SSSR count). The number of amides is 2. The van der Waals surface area contributed by atoms with Gasteiger partial charge in [0.1, 0.15) is 0 Å². The minimum atomic E-state index is -0.0721. The first-order valence-electron chi connectivity index (χ1n) is 7.88. The van der Waals surface area contributed by atoms with Crippen LogP contribution in [0.3, 0.4) is 0 Å². The maximum Gasteiger partial charge on any atom is 0.242 e. The molecule has 2 amide bonds. The molecular formula is C17H25N3O2. The highest BCUT2D eigenvalue weighted by atomic mass is 16.2. The maximum atomic E-state index is 12.0. The number of rotatable bonds is 5. The van der Waals surface area contributed by atoms with E-state index in [1.165, 1.54) is 5.56 Å². The van der Waals surface area contributed by atoms with Crippen molar-refractivity contribution in [2.24, 2.45) is 0 Å². The molecule has 1 atom stereocenters. The topological polar surface area (TPSA) is 61.4 Å². The predicted molar refractivity (Wildman–Crippen MR) is 86.6 cm³/mol. The van der Waals surface area contributed by atoms with Crippen molar-refractivity contribution in [1.29, 1.82) is 0 Å². The molecule has 1 unspecified atom stereocenters. The van der Waals surface area contributed by atoms with E-state index in [-0.39, 0.29) is 18.4 Å². The van der Waals surface area contributed by atoms with Gasteiger partial charge in [0.05, 0.1) is 6.54 Å². The van der Waals surface area contributed by atoms with E-state index in [1.807, 2.05) is 31.2 Å². The highest BCUT2D eigenvalue weighted by Crippen LogP contribution is 2.05. The Morgan fingerprint density at radius 1 is 1.32 bits per heavy atom. The number of nitrogens with zero attached hydrogens (tertiary/aromatic N) is 1. The monoisotopic (exact) mass is 303 g/mol. The molecule has 1 heterocycles. The molecule has 1 aromatic rings. The quantitative estimate of drug-likeness (QED) is 0.848. The van der Waals surface area contributed by atoms with Gasteiger partial charge >= 0.3 is 0 Å². The summed E-state index contributed by atoms with van der Waals surface area (Å²) in [6.07, 6.45) is 1.11. The Balaban J connectivity index is 1.68. The Kier molecular flexibility index (Phi) is 5.95. The Morgan fingerprint density at radius 2 is 2.05 bits per heavy atom. The molecule has 1 aliphatic rings. The van der Waals surface area contributed by atoms with Gasteiger partial charge in [-0.1, -0.05) is 29.8 Å². The summed E-state index contributed by atoms with van der Waals surface area (Å²) in [5, 5.41) is 6.02. The fourth-order valence-electron chi connectivity index (χ4n) is 2.55. The van der Waals surface area contributed by atoms with Gasteiger partial charge < -0.3 is 15.5 Å². The summed E-state index contributed by atoms with van der Waals surface area (Å²) < 4.78 is 0. The van der Waals surface area contributed by atoms with E-state index in [9.17, 15) is 9.59 Å². The third kappa shape index (κ3) is 5.15. The van der Waals surface area contributed by atoms with Gasteiger partial charge in [-0.2, -0.15) is 0 Å². The molecule has 1 aliphatic heterocycles. The van der Waals surface area contributed by atoms with Crippen LogP contribution in [0.5, 0.6) is 0 Å². The maximum absolute atomic E-state index is 12.0. The third-order valence-corrected chi connectivity index (χ3v) is 3.92. The lowest BCUT2D eigenvalue weighted by molar-refractivity contribution is -0.133. The average molecular weight is 303 g/mol. The summed E-state index contributed by atoms with van der Waals surface area (Å²) in [4.78, 5) is 25.7. The van der Waals surface area contributed by atoms with Crippen molar-refractivity contribution in [3.05, 3.63) is 35.4 Å². The van der Waals surface area contributed by atoms with Gasteiger partial charge in [-0.05, 0) is 25.8 Å². The smallest absolute Gasteiger partial charge is 0.242 e. The molecule has 1 saturated heterocycles. The van der Waals surface area contributed by atoms with Gasteiger partial charge in [-0.25, -0.2) is 0 Å². The van der Waals surface area contributed by atoms with E-state index in [1.54, 1.807) is 4.90 Å². The van der Waals surface area contributed by atoms with Crippen LogP contribution in [0.4, 0.5) is 0 Å². The number of hydrogen-bond acceptors (Lipinski definition) is 3. The van der Waals surface area contributed by atoms with Gasteiger partial charge in [0.15, 0.2) is 0 Å². The van der Waals surface area contributed by atoms with Crippen LogP contribution in [0.2, 0.25) is 0 Å². The number of nitrogens with one attached hydrogen (secondary N) is 2. The molecule has 0 bridgehead atoms. The average Bonchev–Trinajstić information content (AvgIpc) is 2.52. The molecule has 5 nitrogen and oxygen atoms in total. The van der Waals surface area contributed by atoms with Gasteiger partial charge in [0.2, 0.25) is 11.8 Å². The van der Waals surface area contributed by atoms with Crippen molar-refractivity contribution < 1.29 is 9.59 Å². The summed E-state index contributed by atoms with van der Waals surface area (Å²) in [6.45, 7) is 6.42. The van der Waals surface area contributed by atoms with E-state index in [0.29, 0.717) is 32.0 Å². The lowest BCUT2D eigenvalue weighted by Gasteiger charge is -2.31. The van der Waals surface area contributed by atoms with Crippen LogP contribution in [0.1, 0.15) is 24.5 Å². The highest BCUT2D eigenvalue weighted by Gasteiger charge is 2.20. The van der Waals surface area contributed by atoms with E-state index in [2.05, 4.69) is 17.6 Å². The van der Waals surface area contributed by atoms with Crippen molar-refractivity contribution in [1.82, 2.24) is 15.5 Å². The zero-order chi connectivity index (χ0) is 15.9. The molecular weight excluding hydrogens is 278 g/mol. The van der Waals surface area contributed by atoms with E-state index in [4.69, 9.17) is 0 Å². The molecule has 0 saturated carbocycles. The van der Waals surface area contributed by atoms with Crippen molar-refractivity contribution in [3.63, 3.8) is 0 Å². The number of hydrogen-bond donors (Lipinski definition) is 2. The van der Waals surface area contributed by atoms with Crippen LogP contribution in [0.15, 0.2) is 24.3 Å². The minimum absolute atomic E-state index is 0.00274. The number of benzene rings is 1. The minimum Gasteiger partial charge on any atom is -0.347 e. The molecule has 2 N–H and O–H groups in total. The van der Waals surface area contributed by atoms with Crippen LogP contribution >= 0.6 is 0 Å². The zero-order valence-electron chi connectivity index (χ0n) is 13.4. The molecule has 0 aliphatic carbocycles. The molecule has 120 valence electrons. The molecule has 1 fully saturated rings. The molecule has 1 aromatic carbocycles. The first-order valence-corrected chi connectivity index (χ1v) is 7.88. The molecule has 22 heavy (non-hydrogen) atoms. The molecule has 0 spiro atoms. The third-order valence-electron chi connectivity index (χ3n) is 3.92.